The van der Waals surface area contributed by atoms with Crippen molar-refractivity contribution in [2.45, 2.75) is 25.6 Å². The molecule has 1 saturated heterocycles. The molecule has 1 atom stereocenters. The van der Waals surface area contributed by atoms with Crippen LogP contribution in [-0.2, 0) is 11.3 Å². The summed E-state index contributed by atoms with van der Waals surface area (Å²) in [5, 5.41) is 0. The van der Waals surface area contributed by atoms with Crippen molar-refractivity contribution in [2.75, 3.05) is 13.1 Å². The number of hydrogen-bond donors (Lipinski definition) is 0. The van der Waals surface area contributed by atoms with E-state index < -0.39 is 5.82 Å². The predicted octanol–water partition coefficient (Wildman–Crippen LogP) is 3.79. The summed E-state index contributed by atoms with van der Waals surface area (Å²) in [6.07, 6.45) is 1.49. The molecule has 3 nitrogen and oxygen atoms in total. The highest BCUT2D eigenvalue weighted by atomic mass is 19.1. The van der Waals surface area contributed by atoms with E-state index in [1.807, 2.05) is 0 Å². The van der Waals surface area contributed by atoms with Crippen molar-refractivity contribution in [2.24, 2.45) is 0 Å². The first-order valence-electron chi connectivity index (χ1n) is 8.03. The number of nitrogens with zero attached hydrogens (tertiary/aromatic N) is 1. The van der Waals surface area contributed by atoms with E-state index in [0.29, 0.717) is 24.2 Å². The molecule has 1 heterocycles. The van der Waals surface area contributed by atoms with Gasteiger partial charge in [0.1, 0.15) is 11.6 Å². The van der Waals surface area contributed by atoms with Gasteiger partial charge in [-0.3, -0.25) is 4.79 Å². The third-order valence-corrected chi connectivity index (χ3v) is 4.17. The Morgan fingerprint density at radius 3 is 2.79 bits per heavy atom. The van der Waals surface area contributed by atoms with Crippen LogP contribution in [0.1, 0.15) is 28.8 Å². The lowest BCUT2D eigenvalue weighted by molar-refractivity contribution is -0.00762. The molecule has 0 aromatic heterocycles. The van der Waals surface area contributed by atoms with Gasteiger partial charge in [-0.15, -0.1) is 0 Å². The lowest BCUT2D eigenvalue weighted by Crippen LogP contribution is -2.43. The number of hydrogen-bond acceptors (Lipinski definition) is 2. The Morgan fingerprint density at radius 1 is 1.17 bits per heavy atom. The number of carbonyl (C=O) groups is 1. The van der Waals surface area contributed by atoms with E-state index in [9.17, 15) is 13.6 Å². The predicted molar refractivity (Wildman–Crippen MR) is 86.5 cm³/mol. The number of benzene rings is 2. The zero-order chi connectivity index (χ0) is 16.9. The highest BCUT2D eigenvalue weighted by Crippen LogP contribution is 2.18. The van der Waals surface area contributed by atoms with E-state index in [2.05, 4.69) is 0 Å². The largest absolute Gasteiger partial charge is 0.372 e. The summed E-state index contributed by atoms with van der Waals surface area (Å²) in [7, 11) is 0. The molecule has 0 radical (unpaired) electrons. The Labute approximate surface area is 139 Å². The third-order valence-electron chi connectivity index (χ3n) is 4.17. The van der Waals surface area contributed by atoms with Gasteiger partial charge in [0, 0.05) is 24.2 Å². The highest BCUT2D eigenvalue weighted by Gasteiger charge is 2.25. The van der Waals surface area contributed by atoms with Crippen LogP contribution in [0.2, 0.25) is 0 Å². The van der Waals surface area contributed by atoms with Crippen LogP contribution >= 0.6 is 0 Å². The van der Waals surface area contributed by atoms with Gasteiger partial charge in [-0.2, -0.15) is 0 Å². The molecule has 1 aliphatic heterocycles. The lowest BCUT2D eigenvalue weighted by Gasteiger charge is -2.32. The van der Waals surface area contributed by atoms with Crippen LogP contribution in [0.15, 0.2) is 48.5 Å². The average molecular weight is 331 g/mol. The summed E-state index contributed by atoms with van der Waals surface area (Å²) in [5.74, 6) is -0.917. The van der Waals surface area contributed by atoms with E-state index in [-0.39, 0.29) is 24.4 Å². The number of amides is 1. The van der Waals surface area contributed by atoms with E-state index in [0.717, 1.165) is 12.8 Å². The monoisotopic (exact) mass is 331 g/mol. The van der Waals surface area contributed by atoms with Gasteiger partial charge in [0.2, 0.25) is 0 Å². The van der Waals surface area contributed by atoms with E-state index in [4.69, 9.17) is 4.74 Å². The first-order valence-corrected chi connectivity index (χ1v) is 8.03. The normalized spacial score (nSPS) is 17.8. The fourth-order valence-corrected chi connectivity index (χ4v) is 2.89. The summed E-state index contributed by atoms with van der Waals surface area (Å²) >= 11 is 0. The Bertz CT molecular complexity index is 720. The van der Waals surface area contributed by atoms with Crippen molar-refractivity contribution in [3.63, 3.8) is 0 Å². The van der Waals surface area contributed by atoms with Gasteiger partial charge < -0.3 is 9.64 Å². The molecule has 0 spiro atoms. The summed E-state index contributed by atoms with van der Waals surface area (Å²) < 4.78 is 32.7. The molecule has 3 rings (SSSR count). The molecule has 126 valence electrons. The summed E-state index contributed by atoms with van der Waals surface area (Å²) in [4.78, 5) is 14.1. The minimum Gasteiger partial charge on any atom is -0.372 e. The van der Waals surface area contributed by atoms with Crippen molar-refractivity contribution < 1.29 is 18.3 Å². The number of rotatable bonds is 4. The SMILES string of the molecule is O=C(c1cccc(F)c1)N1CCC[C@H](OCc2ccccc2F)C1. The maximum Gasteiger partial charge on any atom is 0.254 e. The quantitative estimate of drug-likeness (QED) is 0.853. The van der Waals surface area contributed by atoms with Crippen molar-refractivity contribution in [3.05, 3.63) is 71.3 Å². The maximum atomic E-state index is 13.6. The van der Waals surface area contributed by atoms with E-state index in [1.165, 1.54) is 24.3 Å². The molecular weight excluding hydrogens is 312 g/mol. The molecule has 1 fully saturated rings. The highest BCUT2D eigenvalue weighted by molar-refractivity contribution is 5.94. The number of piperidine rings is 1. The van der Waals surface area contributed by atoms with E-state index >= 15 is 0 Å². The Morgan fingerprint density at radius 2 is 2.00 bits per heavy atom. The summed E-state index contributed by atoms with van der Waals surface area (Å²) in [6.45, 7) is 1.23. The number of halogens is 2. The third kappa shape index (κ3) is 3.97. The van der Waals surface area contributed by atoms with Crippen molar-refractivity contribution in [1.29, 1.82) is 0 Å². The molecule has 0 aliphatic carbocycles. The van der Waals surface area contributed by atoms with Crippen molar-refractivity contribution in [3.8, 4) is 0 Å². The topological polar surface area (TPSA) is 29.5 Å². The Balaban J connectivity index is 1.60. The number of ether oxygens (including phenoxy) is 1. The van der Waals surface area contributed by atoms with Gasteiger partial charge >= 0.3 is 0 Å². The van der Waals surface area contributed by atoms with Crippen LogP contribution in [0.4, 0.5) is 8.78 Å². The fraction of sp³-hybridized carbons (Fsp3) is 0.316. The van der Waals surface area contributed by atoms with Gasteiger partial charge in [-0.1, -0.05) is 24.3 Å². The maximum absolute atomic E-state index is 13.6. The lowest BCUT2D eigenvalue weighted by atomic mass is 10.1. The number of likely N-dealkylation sites (tertiary alicyclic amines) is 1. The molecule has 0 unspecified atom stereocenters. The van der Waals surface area contributed by atoms with Crippen molar-refractivity contribution in [1.82, 2.24) is 4.90 Å². The Kier molecular flexibility index (Phi) is 5.20. The zero-order valence-corrected chi connectivity index (χ0v) is 13.3. The van der Waals surface area contributed by atoms with Crippen molar-refractivity contribution >= 4 is 5.91 Å². The summed E-state index contributed by atoms with van der Waals surface area (Å²) in [5.41, 5.74) is 0.843. The molecule has 1 amide bonds. The Hall–Kier alpha value is -2.27. The van der Waals surface area contributed by atoms with Crippen LogP contribution in [0, 0.1) is 11.6 Å². The molecule has 24 heavy (non-hydrogen) atoms. The minimum atomic E-state index is -0.426. The number of carbonyl (C=O) groups excluding carboxylic acids is 1. The molecule has 2 aromatic carbocycles. The molecular formula is C19H19F2NO2. The molecule has 0 N–H and O–H groups in total. The second kappa shape index (κ2) is 7.53. The zero-order valence-electron chi connectivity index (χ0n) is 13.3. The summed E-state index contributed by atoms with van der Waals surface area (Å²) in [6, 6.07) is 12.2. The van der Waals surface area contributed by atoms with Crippen LogP contribution in [-0.4, -0.2) is 30.0 Å². The molecule has 0 saturated carbocycles. The minimum absolute atomic E-state index is 0.143. The van der Waals surface area contributed by atoms with Gasteiger partial charge in [0.05, 0.1) is 12.7 Å². The van der Waals surface area contributed by atoms with E-state index in [1.54, 1.807) is 29.2 Å². The van der Waals surface area contributed by atoms with Gasteiger partial charge in [0.15, 0.2) is 0 Å². The van der Waals surface area contributed by atoms with Gasteiger partial charge in [-0.05, 0) is 37.1 Å². The first kappa shape index (κ1) is 16.6. The smallest absolute Gasteiger partial charge is 0.254 e. The molecule has 2 aromatic rings. The average Bonchev–Trinajstić information content (AvgIpc) is 2.61. The first-order chi connectivity index (χ1) is 11.6. The van der Waals surface area contributed by atoms with Gasteiger partial charge in [0.25, 0.3) is 5.91 Å². The van der Waals surface area contributed by atoms with Crippen LogP contribution in [0.25, 0.3) is 0 Å². The molecule has 1 aliphatic rings. The molecule has 0 bridgehead atoms. The standard InChI is InChI=1S/C19H19F2NO2/c20-16-7-3-6-14(11-16)19(23)22-10-4-8-17(12-22)24-13-15-5-1-2-9-18(15)21/h1-3,5-7,9,11,17H,4,8,10,12-13H2/t17-/m0/s1. The van der Waals surface area contributed by atoms with Crippen LogP contribution in [0.5, 0.6) is 0 Å². The molecule has 5 heteroatoms. The second-order valence-corrected chi connectivity index (χ2v) is 5.93. The van der Waals surface area contributed by atoms with Crippen LogP contribution < -0.4 is 0 Å². The van der Waals surface area contributed by atoms with Crippen LogP contribution in [0.3, 0.4) is 0 Å². The van der Waals surface area contributed by atoms with Gasteiger partial charge in [-0.25, -0.2) is 8.78 Å². The fourth-order valence-electron chi connectivity index (χ4n) is 2.89. The second-order valence-electron chi connectivity index (χ2n) is 5.93.